The predicted octanol–water partition coefficient (Wildman–Crippen LogP) is 2.53. The number of anilines is 2. The van der Waals surface area contributed by atoms with Crippen LogP contribution >= 0.6 is 0 Å². The van der Waals surface area contributed by atoms with Gasteiger partial charge >= 0.3 is 6.18 Å². The van der Waals surface area contributed by atoms with Gasteiger partial charge in [-0.1, -0.05) is 24.3 Å². The van der Waals surface area contributed by atoms with Crippen LogP contribution in [0.2, 0.25) is 0 Å². The smallest absolute Gasteiger partial charge is 0.418 e. The first kappa shape index (κ1) is 21.2. The molecule has 10 heteroatoms. The Kier molecular flexibility index (Phi) is 5.95. The van der Waals surface area contributed by atoms with E-state index in [1.807, 2.05) is 0 Å². The number of nitrogens with one attached hydrogen (secondary N) is 1. The summed E-state index contributed by atoms with van der Waals surface area (Å²) in [5.41, 5.74) is -0.949. The van der Waals surface area contributed by atoms with Gasteiger partial charge in [0.15, 0.2) is 6.61 Å². The minimum Gasteiger partial charge on any atom is -0.482 e. The summed E-state index contributed by atoms with van der Waals surface area (Å²) in [4.78, 5) is 39.1. The lowest BCUT2D eigenvalue weighted by Crippen LogP contribution is -2.46. The maximum absolute atomic E-state index is 13.0. The van der Waals surface area contributed by atoms with Crippen LogP contribution < -0.4 is 15.0 Å². The number of amides is 3. The zero-order chi connectivity index (χ0) is 21.9. The van der Waals surface area contributed by atoms with E-state index in [0.29, 0.717) is 11.4 Å². The first-order valence-electron chi connectivity index (χ1n) is 8.89. The Bertz CT molecular complexity index is 978. The molecule has 0 atom stereocenters. The molecular weight excluding hydrogens is 403 g/mol. The third-order valence-electron chi connectivity index (χ3n) is 4.41. The predicted molar refractivity (Wildman–Crippen MR) is 102 cm³/mol. The summed E-state index contributed by atoms with van der Waals surface area (Å²) in [6.45, 7) is -1.03. The molecule has 0 bridgehead atoms. The van der Waals surface area contributed by atoms with E-state index in [9.17, 15) is 27.6 Å². The molecule has 0 aromatic heterocycles. The minimum absolute atomic E-state index is 0.220. The second-order valence-electron chi connectivity index (χ2n) is 6.58. The van der Waals surface area contributed by atoms with Gasteiger partial charge in [0.2, 0.25) is 11.8 Å². The van der Waals surface area contributed by atoms with Crippen LogP contribution in [-0.2, 0) is 20.6 Å². The number of benzene rings is 2. The maximum Gasteiger partial charge on any atom is 0.418 e. The molecule has 0 aliphatic carbocycles. The average molecular weight is 421 g/mol. The lowest BCUT2D eigenvalue weighted by atomic mass is 10.1. The van der Waals surface area contributed by atoms with Crippen LogP contribution in [0.1, 0.15) is 5.56 Å². The fourth-order valence-corrected chi connectivity index (χ4v) is 2.92. The highest BCUT2D eigenvalue weighted by Gasteiger charge is 2.34. The Morgan fingerprint density at radius 2 is 1.80 bits per heavy atom. The molecule has 3 rings (SSSR count). The van der Waals surface area contributed by atoms with Gasteiger partial charge in [-0.05, 0) is 24.3 Å². The summed E-state index contributed by atoms with van der Waals surface area (Å²) in [6, 6.07) is 11.3. The number of alkyl halides is 3. The van der Waals surface area contributed by atoms with Crippen molar-refractivity contribution in [3.05, 3.63) is 54.1 Å². The fraction of sp³-hybridized carbons (Fsp3) is 0.250. The Morgan fingerprint density at radius 3 is 2.53 bits per heavy atom. The number of halogens is 3. The van der Waals surface area contributed by atoms with Gasteiger partial charge in [-0.3, -0.25) is 19.3 Å². The molecule has 7 nitrogen and oxygen atoms in total. The van der Waals surface area contributed by atoms with E-state index in [-0.39, 0.29) is 13.2 Å². The van der Waals surface area contributed by atoms with E-state index in [2.05, 4.69) is 5.32 Å². The molecule has 1 aliphatic rings. The summed E-state index contributed by atoms with van der Waals surface area (Å²) < 4.78 is 44.4. The highest BCUT2D eigenvalue weighted by molar-refractivity contribution is 6.03. The van der Waals surface area contributed by atoms with E-state index < -0.39 is 41.7 Å². The number of carbonyl (C=O) groups excluding carboxylic acids is 3. The van der Waals surface area contributed by atoms with E-state index >= 15 is 0 Å². The van der Waals surface area contributed by atoms with E-state index in [1.54, 1.807) is 24.3 Å². The zero-order valence-corrected chi connectivity index (χ0v) is 15.9. The Hall–Kier alpha value is -3.56. The molecule has 0 saturated heterocycles. The molecule has 0 saturated carbocycles. The third kappa shape index (κ3) is 4.70. The summed E-state index contributed by atoms with van der Waals surface area (Å²) in [5.74, 6) is -1.32. The Balaban J connectivity index is 1.64. The van der Waals surface area contributed by atoms with Gasteiger partial charge in [-0.25, -0.2) is 0 Å². The molecule has 2 aromatic carbocycles. The van der Waals surface area contributed by atoms with Crippen LogP contribution in [0, 0.1) is 0 Å². The van der Waals surface area contributed by atoms with Gasteiger partial charge in [0.25, 0.3) is 5.91 Å². The highest BCUT2D eigenvalue weighted by Crippen LogP contribution is 2.34. The Labute approximate surface area is 170 Å². The summed E-state index contributed by atoms with van der Waals surface area (Å²) >= 11 is 0. The zero-order valence-electron chi connectivity index (χ0n) is 15.9. The standard InChI is InChI=1S/C20H18F3N3O4/c1-25(10-17(27)24-14-7-3-2-6-13(14)20(21,22)23)18(28)11-26-15-8-4-5-9-16(15)30-12-19(26)29/h2-9H,10-12H2,1H3,(H,24,27). The molecule has 2 aromatic rings. The van der Waals surface area contributed by atoms with E-state index in [0.717, 1.165) is 17.0 Å². The molecule has 0 spiro atoms. The summed E-state index contributed by atoms with van der Waals surface area (Å²) in [6.07, 6.45) is -4.63. The number of likely N-dealkylation sites (N-methyl/N-ethyl adjacent to an activating group) is 1. The van der Waals surface area contributed by atoms with Crippen molar-refractivity contribution in [2.45, 2.75) is 6.18 Å². The van der Waals surface area contributed by atoms with Crippen molar-refractivity contribution in [2.75, 3.05) is 37.0 Å². The van der Waals surface area contributed by atoms with Gasteiger partial charge in [-0.2, -0.15) is 13.2 Å². The van der Waals surface area contributed by atoms with Crippen LogP contribution in [0.15, 0.2) is 48.5 Å². The molecular formula is C20H18F3N3O4. The lowest BCUT2D eigenvalue weighted by Gasteiger charge is -2.30. The normalized spacial score (nSPS) is 13.3. The summed E-state index contributed by atoms with van der Waals surface area (Å²) in [5, 5.41) is 2.18. The van der Waals surface area contributed by atoms with Gasteiger partial charge in [0.1, 0.15) is 12.3 Å². The van der Waals surface area contributed by atoms with Crippen molar-refractivity contribution >= 4 is 29.1 Å². The monoisotopic (exact) mass is 421 g/mol. The molecule has 30 heavy (non-hydrogen) atoms. The number of carbonyl (C=O) groups is 3. The summed E-state index contributed by atoms with van der Waals surface area (Å²) in [7, 11) is 1.33. The largest absolute Gasteiger partial charge is 0.482 e. The number of hydrogen-bond donors (Lipinski definition) is 1. The third-order valence-corrected chi connectivity index (χ3v) is 4.41. The molecule has 0 unspecified atom stereocenters. The fourth-order valence-electron chi connectivity index (χ4n) is 2.92. The van der Waals surface area contributed by atoms with Crippen molar-refractivity contribution < 1.29 is 32.3 Å². The highest BCUT2D eigenvalue weighted by atomic mass is 19.4. The molecule has 1 N–H and O–H groups in total. The quantitative estimate of drug-likeness (QED) is 0.805. The first-order valence-corrected chi connectivity index (χ1v) is 8.89. The number of nitrogens with zero attached hydrogens (tertiary/aromatic N) is 2. The SMILES string of the molecule is CN(CC(=O)Nc1ccccc1C(F)(F)F)C(=O)CN1C(=O)COc2ccccc21. The van der Waals surface area contributed by atoms with Crippen LogP contribution in [0.25, 0.3) is 0 Å². The molecule has 0 fully saturated rings. The Morgan fingerprint density at radius 1 is 1.13 bits per heavy atom. The van der Waals surface area contributed by atoms with Crippen molar-refractivity contribution in [3.8, 4) is 5.75 Å². The molecule has 3 amide bonds. The minimum atomic E-state index is -4.63. The maximum atomic E-state index is 13.0. The van der Waals surface area contributed by atoms with Crippen molar-refractivity contribution in [2.24, 2.45) is 0 Å². The van der Waals surface area contributed by atoms with Crippen molar-refractivity contribution in [1.29, 1.82) is 0 Å². The topological polar surface area (TPSA) is 79.0 Å². The van der Waals surface area contributed by atoms with Gasteiger partial charge in [-0.15, -0.1) is 0 Å². The van der Waals surface area contributed by atoms with Crippen LogP contribution in [0.5, 0.6) is 5.75 Å². The van der Waals surface area contributed by atoms with Crippen LogP contribution in [-0.4, -0.2) is 49.4 Å². The first-order chi connectivity index (χ1) is 14.2. The van der Waals surface area contributed by atoms with Crippen molar-refractivity contribution in [3.63, 3.8) is 0 Å². The van der Waals surface area contributed by atoms with Gasteiger partial charge in [0, 0.05) is 7.05 Å². The second-order valence-corrected chi connectivity index (χ2v) is 6.58. The number of para-hydroxylation sites is 3. The molecule has 158 valence electrons. The van der Waals surface area contributed by atoms with Crippen LogP contribution in [0.3, 0.4) is 0 Å². The van der Waals surface area contributed by atoms with Gasteiger partial charge in [0.05, 0.1) is 23.5 Å². The molecule has 1 aliphatic heterocycles. The van der Waals surface area contributed by atoms with Crippen molar-refractivity contribution in [1.82, 2.24) is 4.90 Å². The molecule has 0 radical (unpaired) electrons. The van der Waals surface area contributed by atoms with E-state index in [4.69, 9.17) is 4.74 Å². The lowest BCUT2D eigenvalue weighted by molar-refractivity contribution is -0.137. The number of hydrogen-bond acceptors (Lipinski definition) is 4. The van der Waals surface area contributed by atoms with Gasteiger partial charge < -0.3 is 15.0 Å². The van der Waals surface area contributed by atoms with Crippen LogP contribution in [0.4, 0.5) is 24.5 Å². The number of rotatable bonds is 5. The number of ether oxygens (including phenoxy) is 1. The molecule has 1 heterocycles. The number of fused-ring (bicyclic) bond motifs is 1. The second kappa shape index (κ2) is 8.44. The average Bonchev–Trinajstić information content (AvgIpc) is 2.69. The van der Waals surface area contributed by atoms with E-state index in [1.165, 1.54) is 24.1 Å².